The first-order chi connectivity index (χ1) is 24.5. The van der Waals surface area contributed by atoms with Crippen LogP contribution in [0.25, 0.3) is 23.3 Å². The van der Waals surface area contributed by atoms with Crippen LogP contribution >= 0.6 is 62.3 Å². The van der Waals surface area contributed by atoms with Crippen molar-refractivity contribution < 1.29 is 91.2 Å². The molecule has 2 aromatic carbocycles. The van der Waals surface area contributed by atoms with Crippen LogP contribution in [-0.2, 0) is 28.7 Å². The maximum Gasteiger partial charge on any atom is 1.00 e. The van der Waals surface area contributed by atoms with Crippen LogP contribution in [0.15, 0.2) is 65.2 Å². The molecule has 0 aliphatic carbocycles. The smallest absolute Gasteiger partial charge is 0.662 e. The van der Waals surface area contributed by atoms with E-state index in [1.54, 1.807) is 6.07 Å². The Labute approximate surface area is 357 Å². The summed E-state index contributed by atoms with van der Waals surface area (Å²) in [5, 5.41) is 25.9. The average molecular weight is 913 g/mol. The van der Waals surface area contributed by atoms with E-state index < -0.39 is 42.3 Å². The van der Waals surface area contributed by atoms with E-state index in [4.69, 9.17) is 66.5 Å². The quantitative estimate of drug-likeness (QED) is 0.0407. The van der Waals surface area contributed by atoms with E-state index in [1.807, 2.05) is 0 Å². The summed E-state index contributed by atoms with van der Waals surface area (Å²) in [6.45, 7) is -0.181. The van der Waals surface area contributed by atoms with E-state index >= 15 is 0 Å². The Balaban J connectivity index is 0. The van der Waals surface area contributed by atoms with Crippen LogP contribution < -0.4 is 40.3 Å². The molecule has 0 atom stereocenters. The van der Waals surface area contributed by atoms with Gasteiger partial charge in [0.15, 0.2) is 0 Å². The predicted molar refractivity (Wildman–Crippen MR) is 194 cm³/mol. The SMILES string of the molecule is C.COC(=O)/C=C/c1c(-c2ccc(F)cc2F)cc(Cl)nc1Cl.COC(=O)/C=C/c1c(Br)cc(Cl)nc1Cl.O=CO[O-].OB(O)c1ccc(F)cc1F.[Na+]. The number of rotatable bonds is 7. The third-order valence-electron chi connectivity index (χ3n) is 5.59. The largest absolute Gasteiger partial charge is 1.00 e. The molecular formula is C32H25BBrCl4F4N2NaO9. The standard InChI is InChI=1S/C15H9Cl2F2NO2.C9H6BrCl2NO2.C6H5BF2O2.CH2O3.CH4.Na/c1-22-14(21)5-4-10-11(7-13(16)20-15(10)17)9-3-2-8(18)6-12(9)19;1-15-8(14)3-2-5-6(10)4-7(11)13-9(5)12;8-4-1-2-5(7(10)11)6(9)3-4;2-1-4-3;;/h2-7H,1H3;2-4H,1H3;1-3,10-11H;1,3H;1H4;/q;;;;;+1/p-1/b5-4+;3-2+;;;;. The molecule has 2 aromatic heterocycles. The van der Waals surface area contributed by atoms with Gasteiger partial charge < -0.3 is 29.7 Å². The molecule has 284 valence electrons. The van der Waals surface area contributed by atoms with E-state index in [1.165, 1.54) is 44.6 Å². The Morgan fingerprint density at radius 1 is 0.778 bits per heavy atom. The minimum absolute atomic E-state index is 0. The number of nitrogens with zero attached hydrogens (tertiary/aromatic N) is 2. The van der Waals surface area contributed by atoms with E-state index in [2.05, 4.69) is 40.3 Å². The number of halogens is 9. The molecule has 2 heterocycles. The molecule has 0 unspecified atom stereocenters. The summed E-state index contributed by atoms with van der Waals surface area (Å²) in [6.07, 6.45) is 5.19. The van der Waals surface area contributed by atoms with Crippen LogP contribution in [-0.4, -0.2) is 59.8 Å². The summed E-state index contributed by atoms with van der Waals surface area (Å²) in [6, 6.07) is 8.59. The molecule has 54 heavy (non-hydrogen) atoms. The van der Waals surface area contributed by atoms with E-state index in [-0.39, 0.29) is 86.2 Å². The van der Waals surface area contributed by atoms with Crippen LogP contribution in [0.1, 0.15) is 18.6 Å². The molecule has 0 saturated heterocycles. The van der Waals surface area contributed by atoms with Crippen molar-refractivity contribution >= 4 is 105 Å². The molecular weight excluding hydrogens is 888 g/mol. The number of carbonyl (C=O) groups excluding carboxylic acids is 3. The average Bonchev–Trinajstić information content (AvgIpc) is 3.07. The zero-order valence-corrected chi connectivity index (χ0v) is 33.7. The summed E-state index contributed by atoms with van der Waals surface area (Å²) in [4.78, 5) is 41.0. The second kappa shape index (κ2) is 27.5. The van der Waals surface area contributed by atoms with Gasteiger partial charge in [0.1, 0.15) is 43.9 Å². The summed E-state index contributed by atoms with van der Waals surface area (Å²) in [5.41, 5.74) is 0.875. The van der Waals surface area contributed by atoms with Gasteiger partial charge in [-0.3, -0.25) is 4.79 Å². The van der Waals surface area contributed by atoms with Crippen molar-refractivity contribution in [2.24, 2.45) is 0 Å². The third-order valence-corrected chi connectivity index (χ3v) is 7.21. The van der Waals surface area contributed by atoms with Gasteiger partial charge in [-0.1, -0.05) is 59.9 Å². The number of hydrogen-bond donors (Lipinski definition) is 2. The van der Waals surface area contributed by atoms with Gasteiger partial charge in [-0.25, -0.2) is 37.1 Å². The molecule has 0 saturated carbocycles. The van der Waals surface area contributed by atoms with Crippen molar-refractivity contribution in [1.29, 1.82) is 0 Å². The Morgan fingerprint density at radius 2 is 1.22 bits per heavy atom. The third kappa shape index (κ3) is 18.5. The monoisotopic (exact) mass is 910 g/mol. The van der Waals surface area contributed by atoms with Gasteiger partial charge >= 0.3 is 48.6 Å². The van der Waals surface area contributed by atoms with Gasteiger partial charge in [-0.15, -0.1) is 0 Å². The van der Waals surface area contributed by atoms with E-state index in [0.29, 0.717) is 16.1 Å². The van der Waals surface area contributed by atoms with Crippen LogP contribution in [0.2, 0.25) is 20.6 Å². The Morgan fingerprint density at radius 3 is 1.65 bits per heavy atom. The molecule has 11 nitrogen and oxygen atoms in total. The fourth-order valence-corrected chi connectivity index (χ4v) is 5.12. The molecule has 4 aromatic rings. The minimum atomic E-state index is -1.89. The number of methoxy groups -OCH3 is 2. The molecule has 0 amide bonds. The topological polar surface area (TPSA) is 168 Å². The Bertz CT molecular complexity index is 1910. The Kier molecular flexibility index (Phi) is 27.0. The molecule has 4 rings (SSSR count). The fourth-order valence-electron chi connectivity index (χ4n) is 3.35. The molecule has 0 bridgehead atoms. The van der Waals surface area contributed by atoms with Crippen LogP contribution in [0.5, 0.6) is 0 Å². The van der Waals surface area contributed by atoms with Crippen LogP contribution in [0, 0.1) is 23.3 Å². The second-order valence-corrected chi connectivity index (χ2v) is 11.2. The van der Waals surface area contributed by atoms with Crippen molar-refractivity contribution in [3.63, 3.8) is 0 Å². The second-order valence-electron chi connectivity index (χ2n) is 8.90. The molecule has 0 fully saturated rings. The number of aromatic nitrogens is 2. The van der Waals surface area contributed by atoms with E-state index in [9.17, 15) is 27.2 Å². The Hall–Kier alpha value is -3.07. The minimum Gasteiger partial charge on any atom is -0.662 e. The predicted octanol–water partition coefficient (Wildman–Crippen LogP) is 3.58. The first kappa shape index (κ1) is 53.0. The summed E-state index contributed by atoms with van der Waals surface area (Å²) >= 11 is 26.6. The number of ether oxygens (including phenoxy) is 2. The van der Waals surface area contributed by atoms with Crippen molar-refractivity contribution in [1.82, 2.24) is 9.97 Å². The summed E-state index contributed by atoms with van der Waals surface area (Å²) < 4.78 is 61.4. The molecule has 0 aliphatic rings. The number of esters is 2. The van der Waals surface area contributed by atoms with Crippen molar-refractivity contribution in [3.8, 4) is 11.1 Å². The maximum atomic E-state index is 14.0. The zero-order valence-electron chi connectivity index (χ0n) is 27.1. The molecule has 0 aliphatic heterocycles. The van der Waals surface area contributed by atoms with Gasteiger partial charge in [0.2, 0.25) is 0 Å². The summed E-state index contributed by atoms with van der Waals surface area (Å²) in [7, 11) is 0.619. The zero-order chi connectivity index (χ0) is 39.5. The van der Waals surface area contributed by atoms with Gasteiger partial charge in [-0.05, 0) is 64.0 Å². The van der Waals surface area contributed by atoms with Crippen molar-refractivity contribution in [3.05, 3.63) is 120 Å². The molecule has 22 heteroatoms. The number of benzene rings is 2. The van der Waals surface area contributed by atoms with Gasteiger partial charge in [-0.2, -0.15) is 0 Å². The normalized spacial score (nSPS) is 9.81. The van der Waals surface area contributed by atoms with Gasteiger partial charge in [0.05, 0.1) is 14.2 Å². The molecule has 0 radical (unpaired) electrons. The fraction of sp³-hybridized carbons (Fsp3) is 0.0938. The van der Waals surface area contributed by atoms with Crippen LogP contribution in [0.4, 0.5) is 17.6 Å². The van der Waals surface area contributed by atoms with Crippen LogP contribution in [0.3, 0.4) is 0 Å². The number of hydrogen-bond acceptors (Lipinski definition) is 11. The van der Waals surface area contributed by atoms with Gasteiger partial charge in [0.25, 0.3) is 6.47 Å². The van der Waals surface area contributed by atoms with Gasteiger partial charge in [0, 0.05) is 50.9 Å². The van der Waals surface area contributed by atoms with E-state index in [0.717, 1.165) is 30.3 Å². The number of pyridine rings is 2. The first-order valence-corrected chi connectivity index (χ1v) is 15.7. The molecule has 2 N–H and O–H groups in total. The number of carbonyl (C=O) groups is 3. The van der Waals surface area contributed by atoms with Crippen molar-refractivity contribution in [2.75, 3.05) is 14.2 Å². The summed E-state index contributed by atoms with van der Waals surface area (Å²) in [5.74, 6) is -4.28. The van der Waals surface area contributed by atoms with Crippen molar-refractivity contribution in [2.45, 2.75) is 7.43 Å². The molecule has 0 spiro atoms. The maximum absolute atomic E-state index is 14.0. The first-order valence-electron chi connectivity index (χ1n) is 13.4.